The Morgan fingerprint density at radius 2 is 0.820 bits per heavy atom. The van der Waals surface area contributed by atoms with Crippen LogP contribution in [-0.4, -0.2) is 69.8 Å². The summed E-state index contributed by atoms with van der Waals surface area (Å²) in [6.45, 7) is 0. The molecule has 0 radical (unpaired) electrons. The molecule has 6 rings (SSSR count). The monoisotopic (exact) mass is 674 g/mol. The first-order valence-electron chi connectivity index (χ1n) is 18.4. The highest BCUT2D eigenvalue weighted by molar-refractivity contribution is 5.96. The fourth-order valence-electron chi connectivity index (χ4n) is 7.70. The molecule has 6 heteroatoms. The van der Waals surface area contributed by atoms with Gasteiger partial charge in [0.05, 0.1) is 12.2 Å². The van der Waals surface area contributed by atoms with Gasteiger partial charge in [0, 0.05) is 48.1 Å². The van der Waals surface area contributed by atoms with Gasteiger partial charge in [0.25, 0.3) is 0 Å². The van der Waals surface area contributed by atoms with Gasteiger partial charge >= 0.3 is 0 Å². The molecule has 2 saturated heterocycles. The number of ketones is 2. The van der Waals surface area contributed by atoms with Crippen molar-refractivity contribution in [2.75, 3.05) is 14.1 Å². The van der Waals surface area contributed by atoms with E-state index in [0.717, 1.165) is 73.6 Å². The zero-order valence-electron chi connectivity index (χ0n) is 29.7. The van der Waals surface area contributed by atoms with Crippen molar-refractivity contribution < 1.29 is 19.8 Å². The molecule has 2 aliphatic heterocycles. The van der Waals surface area contributed by atoms with Crippen molar-refractivity contribution in [3.05, 3.63) is 144 Å². The number of aliphatic hydroxyl groups is 2. The van der Waals surface area contributed by atoms with Crippen molar-refractivity contribution in [1.82, 2.24) is 9.80 Å². The number of rotatable bonds is 12. The zero-order valence-corrected chi connectivity index (χ0v) is 29.7. The molecule has 0 unspecified atom stereocenters. The summed E-state index contributed by atoms with van der Waals surface area (Å²) < 4.78 is 0. The molecule has 4 aromatic rings. The molecule has 0 amide bonds. The van der Waals surface area contributed by atoms with Crippen molar-refractivity contribution in [2.24, 2.45) is 0 Å². The van der Waals surface area contributed by atoms with Crippen LogP contribution in [0.25, 0.3) is 0 Å². The van der Waals surface area contributed by atoms with Crippen molar-refractivity contribution in [3.8, 4) is 0 Å². The van der Waals surface area contributed by atoms with Gasteiger partial charge in [0.1, 0.15) is 0 Å². The normalized spacial score (nSPS) is 22.5. The number of piperidine rings is 2. The van der Waals surface area contributed by atoms with Crippen LogP contribution in [0.2, 0.25) is 0 Å². The van der Waals surface area contributed by atoms with E-state index in [2.05, 4.69) is 23.9 Å². The summed E-state index contributed by atoms with van der Waals surface area (Å²) in [6, 6.07) is 39.9. The minimum absolute atomic E-state index is 0.210. The number of hydrogen-bond acceptors (Lipinski definition) is 6. The number of carbonyl (C=O) groups excluding carboxylic acids is 2. The Hall–Kier alpha value is -3.94. The predicted molar refractivity (Wildman–Crippen MR) is 201 cm³/mol. The van der Waals surface area contributed by atoms with Gasteiger partial charge in [-0.3, -0.25) is 19.4 Å². The minimum atomic E-state index is -0.447. The van der Waals surface area contributed by atoms with Gasteiger partial charge in [-0.1, -0.05) is 134 Å². The van der Waals surface area contributed by atoms with Crippen LogP contribution in [0.1, 0.15) is 108 Å². The van der Waals surface area contributed by atoms with Crippen LogP contribution < -0.4 is 0 Å². The quantitative estimate of drug-likeness (QED) is 0.147. The number of Topliss-reactive ketones (excluding diaryl/α,β-unsaturated/α-hetero) is 2. The fraction of sp³-hybridized carbons (Fsp3) is 0.409. The van der Waals surface area contributed by atoms with E-state index in [0.29, 0.717) is 24.9 Å². The van der Waals surface area contributed by atoms with Crippen molar-refractivity contribution in [2.45, 2.75) is 101 Å². The number of aliphatic hydroxyl groups excluding tert-OH is 2. The van der Waals surface area contributed by atoms with Gasteiger partial charge in [0.2, 0.25) is 0 Å². The summed E-state index contributed by atoms with van der Waals surface area (Å²) in [7, 11) is 4.20. The fourth-order valence-corrected chi connectivity index (χ4v) is 7.70. The Labute approximate surface area is 298 Å². The minimum Gasteiger partial charge on any atom is -0.388 e. The van der Waals surface area contributed by atoms with Crippen LogP contribution in [0.5, 0.6) is 0 Å². The van der Waals surface area contributed by atoms with Crippen LogP contribution in [0.3, 0.4) is 0 Å². The van der Waals surface area contributed by atoms with Gasteiger partial charge in [-0.05, 0) is 63.7 Å². The second-order valence-electron chi connectivity index (χ2n) is 14.1. The Kier molecular flexibility index (Phi) is 14.1. The Morgan fingerprint density at radius 1 is 0.520 bits per heavy atom. The SMILES string of the molecule is CN1[C@@H](CC(=O)c2ccccc2)CCC[C@H]1C[C@H](O)c1ccccc1.CN1[C@H](CC(=O)c2ccccc2)CCC[C@H]1C[C@H](O)c1ccccc1. The summed E-state index contributed by atoms with van der Waals surface area (Å²) in [6.07, 6.45) is 8.14. The number of carbonyl (C=O) groups is 2. The summed E-state index contributed by atoms with van der Waals surface area (Å²) in [5.74, 6) is 0.420. The van der Waals surface area contributed by atoms with Gasteiger partial charge in [-0.2, -0.15) is 0 Å². The third-order valence-electron chi connectivity index (χ3n) is 10.8. The molecular formula is C44H54N2O4. The first kappa shape index (κ1) is 37.3. The average Bonchev–Trinajstić information content (AvgIpc) is 3.16. The number of benzene rings is 4. The molecule has 264 valence electrons. The molecule has 0 spiro atoms. The second-order valence-corrected chi connectivity index (χ2v) is 14.1. The van der Waals surface area contributed by atoms with E-state index >= 15 is 0 Å². The lowest BCUT2D eigenvalue weighted by Gasteiger charge is -2.40. The largest absolute Gasteiger partial charge is 0.388 e. The lowest BCUT2D eigenvalue weighted by Crippen LogP contribution is -2.45. The first-order chi connectivity index (χ1) is 24.3. The lowest BCUT2D eigenvalue weighted by atomic mass is 9.88. The van der Waals surface area contributed by atoms with Crippen LogP contribution in [0, 0.1) is 0 Å². The summed E-state index contributed by atoms with van der Waals surface area (Å²) in [5, 5.41) is 21.1. The zero-order chi connectivity index (χ0) is 35.3. The Balaban J connectivity index is 0.000000194. The highest BCUT2D eigenvalue weighted by Gasteiger charge is 2.32. The molecule has 4 aromatic carbocycles. The average molecular weight is 675 g/mol. The molecule has 2 aliphatic rings. The Morgan fingerprint density at radius 3 is 1.16 bits per heavy atom. The van der Waals surface area contributed by atoms with E-state index in [4.69, 9.17) is 0 Å². The molecule has 2 heterocycles. The first-order valence-corrected chi connectivity index (χ1v) is 18.4. The standard InChI is InChI=1S/2C22H27NO2/c2*1-23-19(15-21(24)17-9-4-2-5-10-17)13-8-14-20(23)16-22(25)18-11-6-3-7-12-18/h2*2-7,9-12,19-21,24H,8,13-16H2,1H3/t19-,20+,21-;19-,20-,21-/m00/s1. The summed E-state index contributed by atoms with van der Waals surface area (Å²) in [4.78, 5) is 29.7. The smallest absolute Gasteiger partial charge is 0.164 e. The van der Waals surface area contributed by atoms with Crippen LogP contribution >= 0.6 is 0 Å². The third kappa shape index (κ3) is 10.5. The van der Waals surface area contributed by atoms with Gasteiger partial charge in [0.15, 0.2) is 11.6 Å². The highest BCUT2D eigenvalue weighted by atomic mass is 16.3. The molecule has 6 nitrogen and oxygen atoms in total. The van der Waals surface area contributed by atoms with Crippen LogP contribution in [0.15, 0.2) is 121 Å². The van der Waals surface area contributed by atoms with Crippen molar-refractivity contribution in [3.63, 3.8) is 0 Å². The summed E-state index contributed by atoms with van der Waals surface area (Å²) in [5.41, 5.74) is 3.53. The topological polar surface area (TPSA) is 81.1 Å². The van der Waals surface area contributed by atoms with Crippen LogP contribution in [0.4, 0.5) is 0 Å². The predicted octanol–water partition coefficient (Wildman–Crippen LogP) is 8.47. The number of nitrogens with zero attached hydrogens (tertiary/aromatic N) is 2. The van der Waals surface area contributed by atoms with Crippen molar-refractivity contribution >= 4 is 11.6 Å². The molecule has 50 heavy (non-hydrogen) atoms. The van der Waals surface area contributed by atoms with Gasteiger partial charge in [-0.25, -0.2) is 0 Å². The van der Waals surface area contributed by atoms with E-state index in [9.17, 15) is 19.8 Å². The molecule has 2 fully saturated rings. The maximum absolute atomic E-state index is 12.5. The van der Waals surface area contributed by atoms with Gasteiger partial charge in [-0.15, -0.1) is 0 Å². The Bertz CT molecular complexity index is 1460. The maximum Gasteiger partial charge on any atom is 0.164 e. The maximum atomic E-state index is 12.5. The van der Waals surface area contributed by atoms with E-state index < -0.39 is 12.2 Å². The van der Waals surface area contributed by atoms with Gasteiger partial charge < -0.3 is 10.2 Å². The summed E-state index contributed by atoms with van der Waals surface area (Å²) >= 11 is 0. The molecule has 0 bridgehead atoms. The number of hydrogen-bond donors (Lipinski definition) is 2. The highest BCUT2D eigenvalue weighted by Crippen LogP contribution is 2.32. The number of likely N-dealkylation sites (tertiary alicyclic amines) is 2. The van der Waals surface area contributed by atoms with E-state index in [1.165, 1.54) is 0 Å². The molecule has 2 N–H and O–H groups in total. The molecule has 6 atom stereocenters. The lowest BCUT2D eigenvalue weighted by molar-refractivity contribution is 0.0543. The van der Waals surface area contributed by atoms with E-state index in [1.54, 1.807) is 0 Å². The molecule has 0 aromatic heterocycles. The molecule has 0 aliphatic carbocycles. The third-order valence-corrected chi connectivity index (χ3v) is 10.8. The van der Waals surface area contributed by atoms with Crippen LogP contribution in [-0.2, 0) is 0 Å². The molecular weight excluding hydrogens is 620 g/mol. The van der Waals surface area contributed by atoms with E-state index in [1.807, 2.05) is 121 Å². The van der Waals surface area contributed by atoms with Crippen molar-refractivity contribution in [1.29, 1.82) is 0 Å². The molecule has 0 saturated carbocycles. The second kappa shape index (κ2) is 18.9. The van der Waals surface area contributed by atoms with E-state index in [-0.39, 0.29) is 23.7 Å².